The maximum absolute atomic E-state index is 12.7. The van der Waals surface area contributed by atoms with Gasteiger partial charge in [0.05, 0.1) is 18.9 Å². The number of morpholine rings is 1. The van der Waals surface area contributed by atoms with E-state index in [0.29, 0.717) is 28.9 Å². The summed E-state index contributed by atoms with van der Waals surface area (Å²) >= 11 is 0. The van der Waals surface area contributed by atoms with Gasteiger partial charge in [-0.2, -0.15) is 0 Å². The van der Waals surface area contributed by atoms with Crippen LogP contribution in [0.4, 0.5) is 11.4 Å². The van der Waals surface area contributed by atoms with Gasteiger partial charge in [-0.3, -0.25) is 14.5 Å². The number of ether oxygens (including phenoxy) is 1. The first-order chi connectivity index (χ1) is 13.1. The molecule has 0 radical (unpaired) electrons. The normalized spacial score (nSPS) is 14.7. The van der Waals surface area contributed by atoms with Gasteiger partial charge in [-0.05, 0) is 49.4 Å². The summed E-state index contributed by atoms with van der Waals surface area (Å²) < 4.78 is 5.34. The van der Waals surface area contributed by atoms with Crippen LogP contribution in [-0.2, 0) is 4.74 Å². The zero-order valence-corrected chi connectivity index (χ0v) is 15.3. The summed E-state index contributed by atoms with van der Waals surface area (Å²) in [5, 5.41) is 2.84. The fraction of sp³-hybridized carbons (Fsp3) is 0.333. The summed E-state index contributed by atoms with van der Waals surface area (Å²) in [7, 11) is 0. The molecule has 3 rings (SSSR count). The number of hydrogen-bond acceptors (Lipinski definition) is 5. The number of para-hydroxylation sites is 1. The van der Waals surface area contributed by atoms with Crippen molar-refractivity contribution >= 4 is 23.1 Å². The molecule has 1 saturated heterocycles. The Morgan fingerprint density at radius 1 is 1.04 bits per heavy atom. The van der Waals surface area contributed by atoms with E-state index in [-0.39, 0.29) is 11.7 Å². The number of amides is 1. The Morgan fingerprint density at radius 3 is 2.48 bits per heavy atom. The van der Waals surface area contributed by atoms with Crippen molar-refractivity contribution in [2.45, 2.75) is 12.8 Å². The molecule has 6 nitrogen and oxygen atoms in total. The van der Waals surface area contributed by atoms with Crippen LogP contribution in [0.5, 0.6) is 0 Å². The smallest absolute Gasteiger partial charge is 0.255 e. The van der Waals surface area contributed by atoms with E-state index in [1.54, 1.807) is 36.4 Å². The molecule has 1 amide bonds. The van der Waals surface area contributed by atoms with Gasteiger partial charge in [-0.15, -0.1) is 0 Å². The standard InChI is InChI=1S/C21H25N3O3/c22-17-9-7-16(8-10-17)21(26)23-19-5-2-1-4-18(19)20(25)6-3-11-24-12-14-27-15-13-24/h1-2,4-5,7-10H,3,6,11-15,22H2,(H,23,26). The fourth-order valence-electron chi connectivity index (χ4n) is 3.09. The van der Waals surface area contributed by atoms with E-state index in [0.717, 1.165) is 39.3 Å². The minimum absolute atomic E-state index is 0.0384. The van der Waals surface area contributed by atoms with Crippen LogP contribution in [0.25, 0.3) is 0 Å². The third-order valence-corrected chi connectivity index (χ3v) is 4.63. The summed E-state index contributed by atoms with van der Waals surface area (Å²) in [4.78, 5) is 27.4. The molecule has 0 spiro atoms. The Hall–Kier alpha value is -2.70. The Bertz CT molecular complexity index is 784. The SMILES string of the molecule is Nc1ccc(C(=O)Nc2ccccc2C(=O)CCCN2CCOCC2)cc1. The highest BCUT2D eigenvalue weighted by Crippen LogP contribution is 2.19. The second kappa shape index (κ2) is 9.30. The number of nitrogens with one attached hydrogen (secondary N) is 1. The van der Waals surface area contributed by atoms with E-state index in [4.69, 9.17) is 10.5 Å². The lowest BCUT2D eigenvalue weighted by molar-refractivity contribution is 0.0371. The monoisotopic (exact) mass is 367 g/mol. The summed E-state index contributed by atoms with van der Waals surface area (Å²) in [6.45, 7) is 4.24. The minimum atomic E-state index is -0.261. The van der Waals surface area contributed by atoms with Crippen LogP contribution in [0.1, 0.15) is 33.6 Å². The van der Waals surface area contributed by atoms with Gasteiger partial charge in [0.15, 0.2) is 5.78 Å². The van der Waals surface area contributed by atoms with Crippen LogP contribution in [0.3, 0.4) is 0 Å². The second-order valence-corrected chi connectivity index (χ2v) is 6.60. The first-order valence-electron chi connectivity index (χ1n) is 9.23. The van der Waals surface area contributed by atoms with Gasteiger partial charge in [0.2, 0.25) is 0 Å². The molecular weight excluding hydrogens is 342 g/mol. The molecule has 142 valence electrons. The molecule has 2 aromatic carbocycles. The molecule has 27 heavy (non-hydrogen) atoms. The summed E-state index contributed by atoms with van der Waals surface area (Å²) in [6.07, 6.45) is 1.24. The number of rotatable bonds is 7. The largest absolute Gasteiger partial charge is 0.399 e. The lowest BCUT2D eigenvalue weighted by atomic mass is 10.0. The van der Waals surface area contributed by atoms with Gasteiger partial charge in [0.1, 0.15) is 0 Å². The predicted octanol–water partition coefficient (Wildman–Crippen LogP) is 2.82. The first-order valence-corrected chi connectivity index (χ1v) is 9.23. The van der Waals surface area contributed by atoms with E-state index in [2.05, 4.69) is 10.2 Å². The zero-order chi connectivity index (χ0) is 19.1. The van der Waals surface area contributed by atoms with Gasteiger partial charge >= 0.3 is 0 Å². The van der Waals surface area contributed by atoms with E-state index in [1.807, 2.05) is 12.1 Å². The van der Waals surface area contributed by atoms with Gasteiger partial charge in [-0.25, -0.2) is 0 Å². The Morgan fingerprint density at radius 2 is 1.74 bits per heavy atom. The molecule has 1 fully saturated rings. The van der Waals surface area contributed by atoms with Crippen molar-refractivity contribution in [3.8, 4) is 0 Å². The lowest BCUT2D eigenvalue weighted by Gasteiger charge is -2.26. The van der Waals surface area contributed by atoms with Gasteiger partial charge in [-0.1, -0.05) is 12.1 Å². The van der Waals surface area contributed by atoms with Crippen molar-refractivity contribution in [1.82, 2.24) is 4.90 Å². The highest BCUT2D eigenvalue weighted by atomic mass is 16.5. The van der Waals surface area contributed by atoms with Crippen molar-refractivity contribution in [2.24, 2.45) is 0 Å². The van der Waals surface area contributed by atoms with E-state index >= 15 is 0 Å². The summed E-state index contributed by atoms with van der Waals surface area (Å²) in [6, 6.07) is 13.8. The summed E-state index contributed by atoms with van der Waals surface area (Å²) in [5.41, 5.74) is 7.84. The number of benzene rings is 2. The molecule has 1 aliphatic rings. The van der Waals surface area contributed by atoms with Crippen LogP contribution < -0.4 is 11.1 Å². The average molecular weight is 367 g/mol. The molecule has 1 heterocycles. The third kappa shape index (κ3) is 5.39. The maximum atomic E-state index is 12.7. The zero-order valence-electron chi connectivity index (χ0n) is 15.3. The van der Waals surface area contributed by atoms with Crippen LogP contribution in [0.15, 0.2) is 48.5 Å². The van der Waals surface area contributed by atoms with Crippen molar-refractivity contribution in [1.29, 1.82) is 0 Å². The van der Waals surface area contributed by atoms with Crippen molar-refractivity contribution in [3.05, 3.63) is 59.7 Å². The van der Waals surface area contributed by atoms with Crippen molar-refractivity contribution in [3.63, 3.8) is 0 Å². The number of carbonyl (C=O) groups excluding carboxylic acids is 2. The van der Waals surface area contributed by atoms with Crippen molar-refractivity contribution in [2.75, 3.05) is 43.9 Å². The van der Waals surface area contributed by atoms with E-state index < -0.39 is 0 Å². The average Bonchev–Trinajstić information content (AvgIpc) is 2.69. The fourth-order valence-corrected chi connectivity index (χ4v) is 3.09. The van der Waals surface area contributed by atoms with Crippen LogP contribution in [-0.4, -0.2) is 49.4 Å². The molecule has 6 heteroatoms. The summed E-state index contributed by atoms with van der Waals surface area (Å²) in [5.74, 6) is -0.222. The topological polar surface area (TPSA) is 84.7 Å². The van der Waals surface area contributed by atoms with Crippen LogP contribution in [0, 0.1) is 0 Å². The number of Topliss-reactive ketones (excluding diaryl/α,β-unsaturated/α-hetero) is 1. The molecular formula is C21H25N3O3. The Balaban J connectivity index is 1.59. The quantitative estimate of drug-likeness (QED) is 0.581. The maximum Gasteiger partial charge on any atom is 0.255 e. The number of ketones is 1. The van der Waals surface area contributed by atoms with E-state index in [1.165, 1.54) is 0 Å². The molecule has 0 unspecified atom stereocenters. The lowest BCUT2D eigenvalue weighted by Crippen LogP contribution is -2.36. The molecule has 3 N–H and O–H groups in total. The number of nitrogens with zero attached hydrogens (tertiary/aromatic N) is 1. The highest BCUT2D eigenvalue weighted by Gasteiger charge is 2.15. The third-order valence-electron chi connectivity index (χ3n) is 4.63. The number of carbonyl (C=O) groups is 2. The molecule has 0 aromatic heterocycles. The van der Waals surface area contributed by atoms with Gasteiger partial charge in [0, 0.05) is 36.3 Å². The van der Waals surface area contributed by atoms with Gasteiger partial charge in [0.25, 0.3) is 5.91 Å². The van der Waals surface area contributed by atoms with E-state index in [9.17, 15) is 9.59 Å². The molecule has 2 aromatic rings. The Kier molecular flexibility index (Phi) is 6.57. The number of hydrogen-bond donors (Lipinski definition) is 2. The number of nitrogen functional groups attached to an aromatic ring is 1. The molecule has 0 saturated carbocycles. The minimum Gasteiger partial charge on any atom is -0.399 e. The van der Waals surface area contributed by atoms with Gasteiger partial charge < -0.3 is 15.8 Å². The highest BCUT2D eigenvalue weighted by molar-refractivity contribution is 6.09. The molecule has 0 aliphatic carbocycles. The first kappa shape index (κ1) is 19.1. The van der Waals surface area contributed by atoms with Crippen molar-refractivity contribution < 1.29 is 14.3 Å². The second-order valence-electron chi connectivity index (χ2n) is 6.60. The van der Waals surface area contributed by atoms with Crippen LogP contribution in [0.2, 0.25) is 0 Å². The predicted molar refractivity (Wildman–Crippen MR) is 106 cm³/mol. The molecule has 0 atom stereocenters. The Labute approximate surface area is 159 Å². The number of nitrogens with two attached hydrogens (primary N) is 1. The molecule has 0 bridgehead atoms. The molecule has 1 aliphatic heterocycles. The van der Waals surface area contributed by atoms with Crippen LogP contribution >= 0.6 is 0 Å². The number of anilines is 2.